The summed E-state index contributed by atoms with van der Waals surface area (Å²) in [5.74, 6) is 0. The molecule has 0 spiro atoms. The van der Waals surface area contributed by atoms with Gasteiger partial charge in [-0.25, -0.2) is 0 Å². The summed E-state index contributed by atoms with van der Waals surface area (Å²) in [7, 11) is 0. The lowest BCUT2D eigenvalue weighted by molar-refractivity contribution is -0.152. The largest absolute Gasteiger partial charge is 0.401 e. The van der Waals surface area contributed by atoms with E-state index < -0.39 is 18.8 Å². The summed E-state index contributed by atoms with van der Waals surface area (Å²) >= 11 is 4.82. The zero-order valence-corrected chi connectivity index (χ0v) is 12.7. The molecule has 7 heteroatoms. The van der Waals surface area contributed by atoms with E-state index in [1.54, 1.807) is 38.1 Å². The minimum Gasteiger partial charge on any atom is -0.389 e. The minimum atomic E-state index is -4.29. The van der Waals surface area contributed by atoms with E-state index in [1.807, 2.05) is 0 Å². The van der Waals surface area contributed by atoms with E-state index in [0.29, 0.717) is 11.1 Å². The number of rotatable bonds is 6. The van der Waals surface area contributed by atoms with Crippen molar-refractivity contribution in [1.29, 1.82) is 0 Å². The number of aliphatic hydroxyl groups excluding tert-OH is 1. The number of alkyl halides is 3. The summed E-state index contributed by atoms with van der Waals surface area (Å²) in [6.45, 7) is 2.18. The van der Waals surface area contributed by atoms with Crippen molar-refractivity contribution in [2.75, 3.05) is 13.1 Å². The molecule has 1 unspecified atom stereocenters. The average Bonchev–Trinajstić information content (AvgIpc) is 2.36. The van der Waals surface area contributed by atoms with Crippen LogP contribution in [0, 0.1) is 0 Å². The zero-order chi connectivity index (χ0) is 16.2. The number of nitrogens with zero attached hydrogens (tertiary/aromatic N) is 1. The molecular weight excluding hydrogens is 301 g/mol. The average molecular weight is 320 g/mol. The SMILES string of the molecule is CC(C)N(CC(O)c1ccc(C(N)=S)cc1)CC(F)(F)F. The molecule has 1 aromatic carbocycles. The van der Waals surface area contributed by atoms with Crippen molar-refractivity contribution >= 4 is 17.2 Å². The number of thiocarbonyl (C=S) groups is 1. The van der Waals surface area contributed by atoms with E-state index in [9.17, 15) is 18.3 Å². The number of aliphatic hydroxyl groups is 1. The fraction of sp³-hybridized carbons (Fsp3) is 0.500. The minimum absolute atomic E-state index is 0.0937. The maximum Gasteiger partial charge on any atom is 0.401 e. The molecule has 0 aromatic heterocycles. The Labute approximate surface area is 127 Å². The van der Waals surface area contributed by atoms with Gasteiger partial charge in [0.2, 0.25) is 0 Å². The van der Waals surface area contributed by atoms with Crippen LogP contribution >= 0.6 is 12.2 Å². The second-order valence-electron chi connectivity index (χ2n) is 5.14. The van der Waals surface area contributed by atoms with Gasteiger partial charge in [0.1, 0.15) is 4.99 Å². The van der Waals surface area contributed by atoms with Crippen molar-refractivity contribution in [1.82, 2.24) is 4.90 Å². The first-order chi connectivity index (χ1) is 9.60. The highest BCUT2D eigenvalue weighted by atomic mass is 32.1. The van der Waals surface area contributed by atoms with E-state index in [-0.39, 0.29) is 17.6 Å². The monoisotopic (exact) mass is 320 g/mol. The molecule has 1 rings (SSSR count). The van der Waals surface area contributed by atoms with Crippen LogP contribution in [0.15, 0.2) is 24.3 Å². The summed E-state index contributed by atoms with van der Waals surface area (Å²) in [6, 6.07) is 6.20. The van der Waals surface area contributed by atoms with Crippen molar-refractivity contribution in [3.05, 3.63) is 35.4 Å². The summed E-state index contributed by atoms with van der Waals surface area (Å²) < 4.78 is 37.5. The van der Waals surface area contributed by atoms with Crippen molar-refractivity contribution in [3.63, 3.8) is 0 Å². The van der Waals surface area contributed by atoms with Crippen LogP contribution in [0.1, 0.15) is 31.1 Å². The van der Waals surface area contributed by atoms with E-state index in [4.69, 9.17) is 18.0 Å². The fourth-order valence-corrected chi connectivity index (χ4v) is 2.02. The Bertz CT molecular complexity index is 474. The Morgan fingerprint density at radius 1 is 1.29 bits per heavy atom. The molecule has 0 aliphatic heterocycles. The van der Waals surface area contributed by atoms with E-state index in [1.165, 1.54) is 4.90 Å². The molecule has 0 radical (unpaired) electrons. The Kier molecular flexibility index (Phi) is 6.12. The van der Waals surface area contributed by atoms with Gasteiger partial charge >= 0.3 is 6.18 Å². The Hall–Kier alpha value is -1.18. The summed E-state index contributed by atoms with van der Waals surface area (Å²) in [5.41, 5.74) is 6.65. The van der Waals surface area contributed by atoms with Gasteiger partial charge in [0.05, 0.1) is 12.6 Å². The molecule has 1 atom stereocenters. The summed E-state index contributed by atoms with van der Waals surface area (Å²) in [6.07, 6.45) is -5.30. The van der Waals surface area contributed by atoms with Crippen LogP contribution in [0.3, 0.4) is 0 Å². The van der Waals surface area contributed by atoms with E-state index in [0.717, 1.165) is 0 Å². The first-order valence-corrected chi connectivity index (χ1v) is 6.89. The molecule has 3 N–H and O–H groups in total. The van der Waals surface area contributed by atoms with Crippen molar-refractivity contribution in [3.8, 4) is 0 Å². The molecule has 0 aliphatic carbocycles. The molecule has 0 aliphatic rings. The third kappa shape index (κ3) is 5.99. The highest BCUT2D eigenvalue weighted by Gasteiger charge is 2.32. The molecule has 0 bridgehead atoms. The van der Waals surface area contributed by atoms with Crippen molar-refractivity contribution in [2.24, 2.45) is 5.73 Å². The molecule has 3 nitrogen and oxygen atoms in total. The predicted octanol–water partition coefficient (Wildman–Crippen LogP) is 2.63. The fourth-order valence-electron chi connectivity index (χ4n) is 1.89. The van der Waals surface area contributed by atoms with Crippen LogP contribution in [-0.4, -0.2) is 40.3 Å². The number of benzene rings is 1. The Balaban J connectivity index is 2.77. The molecule has 0 saturated heterocycles. The topological polar surface area (TPSA) is 49.5 Å². The van der Waals surface area contributed by atoms with Crippen LogP contribution in [0.5, 0.6) is 0 Å². The third-order valence-electron chi connectivity index (χ3n) is 3.10. The maximum atomic E-state index is 12.5. The van der Waals surface area contributed by atoms with Crippen LogP contribution in [0.4, 0.5) is 13.2 Å². The van der Waals surface area contributed by atoms with Crippen molar-refractivity contribution < 1.29 is 18.3 Å². The quantitative estimate of drug-likeness (QED) is 0.791. The van der Waals surface area contributed by atoms with Gasteiger partial charge in [-0.15, -0.1) is 0 Å². The first kappa shape index (κ1) is 17.9. The summed E-state index contributed by atoms with van der Waals surface area (Å²) in [4.78, 5) is 1.42. The number of halogens is 3. The normalized spacial score (nSPS) is 13.7. The van der Waals surface area contributed by atoms with Gasteiger partial charge < -0.3 is 10.8 Å². The highest BCUT2D eigenvalue weighted by Crippen LogP contribution is 2.21. The molecule has 0 heterocycles. The second kappa shape index (κ2) is 7.20. The lowest BCUT2D eigenvalue weighted by Crippen LogP contribution is -2.41. The lowest BCUT2D eigenvalue weighted by Gasteiger charge is -2.29. The van der Waals surface area contributed by atoms with Gasteiger partial charge in [0, 0.05) is 18.2 Å². The molecular formula is C14H19F3N2OS. The van der Waals surface area contributed by atoms with Crippen LogP contribution in [0.2, 0.25) is 0 Å². The molecule has 0 fully saturated rings. The molecule has 0 amide bonds. The van der Waals surface area contributed by atoms with Gasteiger partial charge in [-0.2, -0.15) is 13.2 Å². The number of hydrogen-bond donors (Lipinski definition) is 2. The highest BCUT2D eigenvalue weighted by molar-refractivity contribution is 7.80. The Morgan fingerprint density at radius 2 is 1.81 bits per heavy atom. The number of hydrogen-bond acceptors (Lipinski definition) is 3. The van der Waals surface area contributed by atoms with Crippen molar-refractivity contribution in [2.45, 2.75) is 32.2 Å². The molecule has 21 heavy (non-hydrogen) atoms. The standard InChI is InChI=1S/C14H19F3N2OS/c1-9(2)19(8-14(15,16)17)7-12(20)10-3-5-11(6-4-10)13(18)21/h3-6,9,12,20H,7-8H2,1-2H3,(H2,18,21). The van der Waals surface area contributed by atoms with E-state index in [2.05, 4.69) is 0 Å². The zero-order valence-electron chi connectivity index (χ0n) is 11.9. The van der Waals surface area contributed by atoms with Gasteiger partial charge in [-0.3, -0.25) is 4.90 Å². The summed E-state index contributed by atoms with van der Waals surface area (Å²) in [5, 5.41) is 10.1. The third-order valence-corrected chi connectivity index (χ3v) is 3.34. The number of nitrogens with two attached hydrogens (primary N) is 1. The predicted molar refractivity (Wildman–Crippen MR) is 80.1 cm³/mol. The van der Waals surface area contributed by atoms with Crippen LogP contribution in [0.25, 0.3) is 0 Å². The second-order valence-corrected chi connectivity index (χ2v) is 5.58. The Morgan fingerprint density at radius 3 is 2.19 bits per heavy atom. The first-order valence-electron chi connectivity index (χ1n) is 6.49. The van der Waals surface area contributed by atoms with Crippen LogP contribution in [-0.2, 0) is 0 Å². The van der Waals surface area contributed by atoms with Gasteiger partial charge in [0.15, 0.2) is 0 Å². The van der Waals surface area contributed by atoms with Gasteiger partial charge in [-0.05, 0) is 19.4 Å². The molecule has 1 aromatic rings. The maximum absolute atomic E-state index is 12.5. The van der Waals surface area contributed by atoms with Crippen LogP contribution < -0.4 is 5.73 Å². The van der Waals surface area contributed by atoms with E-state index >= 15 is 0 Å². The smallest absolute Gasteiger partial charge is 0.389 e. The van der Waals surface area contributed by atoms with Gasteiger partial charge in [-0.1, -0.05) is 36.5 Å². The lowest BCUT2D eigenvalue weighted by atomic mass is 10.1. The molecule has 118 valence electrons. The van der Waals surface area contributed by atoms with Gasteiger partial charge in [0.25, 0.3) is 0 Å². The molecule has 0 saturated carbocycles.